The van der Waals surface area contributed by atoms with Crippen LogP contribution < -0.4 is 9.47 Å². The van der Waals surface area contributed by atoms with Gasteiger partial charge in [0.05, 0.1) is 25.9 Å². The molecule has 1 atom stereocenters. The van der Waals surface area contributed by atoms with E-state index in [1.54, 1.807) is 0 Å². The van der Waals surface area contributed by atoms with E-state index in [2.05, 4.69) is 11.8 Å². The lowest BCUT2D eigenvalue weighted by molar-refractivity contribution is 0.00742. The molecule has 0 saturated carbocycles. The van der Waals surface area contributed by atoms with Crippen molar-refractivity contribution in [2.24, 2.45) is 0 Å². The summed E-state index contributed by atoms with van der Waals surface area (Å²) in [6.07, 6.45) is 1.59. The molecule has 0 aromatic heterocycles. The highest BCUT2D eigenvalue weighted by molar-refractivity contribution is 5.44. The van der Waals surface area contributed by atoms with Gasteiger partial charge in [-0.15, -0.1) is 0 Å². The number of nitrogens with zero attached hydrogens (tertiary/aromatic N) is 1. The van der Waals surface area contributed by atoms with Crippen LogP contribution in [0.2, 0.25) is 0 Å². The first-order chi connectivity index (χ1) is 11.2. The van der Waals surface area contributed by atoms with Gasteiger partial charge in [0.25, 0.3) is 0 Å². The van der Waals surface area contributed by atoms with Crippen molar-refractivity contribution >= 4 is 0 Å². The molecule has 0 amide bonds. The Hall–Kier alpha value is -1.34. The molecular formula is C17H27NO5. The Bertz CT molecular complexity index is 468. The van der Waals surface area contributed by atoms with Crippen LogP contribution in [-0.2, 0) is 11.3 Å². The van der Waals surface area contributed by atoms with Gasteiger partial charge in [-0.3, -0.25) is 4.90 Å². The SMILES string of the molecule is CCCCN(CCO)CC(O)COCc1ccc2c(c1)OCO2. The Morgan fingerprint density at radius 3 is 2.87 bits per heavy atom. The topological polar surface area (TPSA) is 71.4 Å². The number of hydrogen-bond acceptors (Lipinski definition) is 6. The second kappa shape index (κ2) is 9.72. The summed E-state index contributed by atoms with van der Waals surface area (Å²) in [5.74, 6) is 1.49. The molecule has 1 aliphatic rings. The molecule has 0 aliphatic carbocycles. The zero-order valence-corrected chi connectivity index (χ0v) is 13.7. The average molecular weight is 325 g/mol. The maximum Gasteiger partial charge on any atom is 0.231 e. The van der Waals surface area contributed by atoms with Crippen molar-refractivity contribution in [2.75, 3.05) is 39.6 Å². The minimum absolute atomic E-state index is 0.106. The predicted molar refractivity (Wildman–Crippen MR) is 86.7 cm³/mol. The molecule has 0 saturated heterocycles. The summed E-state index contributed by atoms with van der Waals surface area (Å²) >= 11 is 0. The van der Waals surface area contributed by atoms with Gasteiger partial charge in [0.15, 0.2) is 11.5 Å². The molecule has 130 valence electrons. The predicted octanol–water partition coefficient (Wildman–Crippen LogP) is 1.39. The fourth-order valence-electron chi connectivity index (χ4n) is 2.51. The Balaban J connectivity index is 1.70. The zero-order valence-electron chi connectivity index (χ0n) is 13.7. The molecule has 1 aromatic rings. The third-order valence-corrected chi connectivity index (χ3v) is 3.73. The molecule has 2 rings (SSSR count). The highest BCUT2D eigenvalue weighted by atomic mass is 16.7. The molecule has 0 spiro atoms. The van der Waals surface area contributed by atoms with Gasteiger partial charge in [0, 0.05) is 13.1 Å². The Morgan fingerprint density at radius 2 is 2.09 bits per heavy atom. The highest BCUT2D eigenvalue weighted by Crippen LogP contribution is 2.32. The number of ether oxygens (including phenoxy) is 3. The van der Waals surface area contributed by atoms with Crippen molar-refractivity contribution < 1.29 is 24.4 Å². The van der Waals surface area contributed by atoms with Crippen molar-refractivity contribution in [3.63, 3.8) is 0 Å². The van der Waals surface area contributed by atoms with E-state index in [4.69, 9.17) is 19.3 Å². The van der Waals surface area contributed by atoms with Gasteiger partial charge in [-0.25, -0.2) is 0 Å². The molecule has 2 N–H and O–H groups in total. The standard InChI is InChI=1S/C17H27NO5/c1-2-3-6-18(7-8-19)10-15(20)12-21-11-14-4-5-16-17(9-14)23-13-22-16/h4-5,9,15,19-20H,2-3,6-8,10-13H2,1H3. The van der Waals surface area contributed by atoms with Crippen LogP contribution in [0, 0.1) is 0 Å². The normalized spacial score (nSPS) is 14.4. The van der Waals surface area contributed by atoms with E-state index in [0.29, 0.717) is 19.7 Å². The largest absolute Gasteiger partial charge is 0.454 e. The van der Waals surface area contributed by atoms with Crippen LogP contribution in [0.1, 0.15) is 25.3 Å². The van der Waals surface area contributed by atoms with Gasteiger partial charge in [0.1, 0.15) is 0 Å². The number of aliphatic hydroxyl groups excluding tert-OH is 2. The van der Waals surface area contributed by atoms with Gasteiger partial charge in [0.2, 0.25) is 6.79 Å². The van der Waals surface area contributed by atoms with E-state index in [9.17, 15) is 5.11 Å². The Kier molecular flexibility index (Phi) is 7.61. The third-order valence-electron chi connectivity index (χ3n) is 3.73. The quantitative estimate of drug-likeness (QED) is 0.641. The monoisotopic (exact) mass is 325 g/mol. The lowest BCUT2D eigenvalue weighted by Crippen LogP contribution is -2.37. The molecular weight excluding hydrogens is 298 g/mol. The van der Waals surface area contributed by atoms with E-state index in [1.165, 1.54) is 0 Å². The molecule has 1 aromatic carbocycles. The summed E-state index contributed by atoms with van der Waals surface area (Å²) in [5, 5.41) is 19.2. The van der Waals surface area contributed by atoms with Gasteiger partial charge in [-0.05, 0) is 30.7 Å². The van der Waals surface area contributed by atoms with Crippen molar-refractivity contribution in [3.8, 4) is 11.5 Å². The van der Waals surface area contributed by atoms with Gasteiger partial charge in [-0.2, -0.15) is 0 Å². The molecule has 23 heavy (non-hydrogen) atoms. The third kappa shape index (κ3) is 5.99. The maximum atomic E-state index is 10.1. The number of aliphatic hydroxyl groups is 2. The molecule has 0 fully saturated rings. The van der Waals surface area contributed by atoms with Crippen LogP contribution >= 0.6 is 0 Å². The van der Waals surface area contributed by atoms with E-state index in [0.717, 1.165) is 36.4 Å². The fraction of sp³-hybridized carbons (Fsp3) is 0.647. The maximum absolute atomic E-state index is 10.1. The summed E-state index contributed by atoms with van der Waals surface area (Å²) < 4.78 is 16.2. The van der Waals surface area contributed by atoms with E-state index in [1.807, 2.05) is 18.2 Å². The van der Waals surface area contributed by atoms with Crippen LogP contribution in [0.15, 0.2) is 18.2 Å². The summed E-state index contributed by atoms with van der Waals surface area (Å²) in [5.41, 5.74) is 0.986. The minimum Gasteiger partial charge on any atom is -0.454 e. The lowest BCUT2D eigenvalue weighted by atomic mass is 10.2. The molecule has 1 heterocycles. The number of hydrogen-bond donors (Lipinski definition) is 2. The average Bonchev–Trinajstić information content (AvgIpc) is 3.00. The summed E-state index contributed by atoms with van der Waals surface area (Å²) in [4.78, 5) is 2.07. The molecule has 6 heteroatoms. The second-order valence-electron chi connectivity index (χ2n) is 5.73. The first-order valence-electron chi connectivity index (χ1n) is 8.20. The van der Waals surface area contributed by atoms with E-state index in [-0.39, 0.29) is 20.0 Å². The molecule has 6 nitrogen and oxygen atoms in total. The number of rotatable bonds is 11. The number of fused-ring (bicyclic) bond motifs is 1. The molecule has 0 bridgehead atoms. The fourth-order valence-corrected chi connectivity index (χ4v) is 2.51. The van der Waals surface area contributed by atoms with Crippen LogP contribution in [0.5, 0.6) is 11.5 Å². The molecule has 0 radical (unpaired) electrons. The van der Waals surface area contributed by atoms with Gasteiger partial charge >= 0.3 is 0 Å². The van der Waals surface area contributed by atoms with Crippen LogP contribution in [-0.4, -0.2) is 60.9 Å². The first-order valence-corrected chi connectivity index (χ1v) is 8.20. The second-order valence-corrected chi connectivity index (χ2v) is 5.73. The minimum atomic E-state index is -0.563. The van der Waals surface area contributed by atoms with Crippen LogP contribution in [0.4, 0.5) is 0 Å². The first kappa shape index (κ1) is 18.0. The lowest BCUT2D eigenvalue weighted by Gasteiger charge is -2.24. The zero-order chi connectivity index (χ0) is 16.5. The van der Waals surface area contributed by atoms with Crippen molar-refractivity contribution in [1.82, 2.24) is 4.90 Å². The summed E-state index contributed by atoms with van der Waals surface area (Å²) in [6.45, 7) is 5.16. The Morgan fingerprint density at radius 1 is 1.26 bits per heavy atom. The van der Waals surface area contributed by atoms with Crippen molar-refractivity contribution in [3.05, 3.63) is 23.8 Å². The van der Waals surface area contributed by atoms with Gasteiger partial charge in [-0.1, -0.05) is 19.4 Å². The summed E-state index contributed by atoms with van der Waals surface area (Å²) in [7, 11) is 0. The van der Waals surface area contributed by atoms with E-state index < -0.39 is 6.10 Å². The summed E-state index contributed by atoms with van der Waals surface area (Å²) in [6, 6.07) is 5.69. The Labute approximate surface area is 137 Å². The van der Waals surface area contributed by atoms with Crippen LogP contribution in [0.3, 0.4) is 0 Å². The number of unbranched alkanes of at least 4 members (excludes halogenated alkanes) is 1. The number of benzene rings is 1. The van der Waals surface area contributed by atoms with Crippen molar-refractivity contribution in [2.45, 2.75) is 32.5 Å². The smallest absolute Gasteiger partial charge is 0.231 e. The van der Waals surface area contributed by atoms with Crippen LogP contribution in [0.25, 0.3) is 0 Å². The molecule has 1 unspecified atom stereocenters. The van der Waals surface area contributed by atoms with Crippen molar-refractivity contribution in [1.29, 1.82) is 0 Å². The molecule has 1 aliphatic heterocycles. The highest BCUT2D eigenvalue weighted by Gasteiger charge is 2.14. The van der Waals surface area contributed by atoms with Gasteiger partial charge < -0.3 is 24.4 Å². The van der Waals surface area contributed by atoms with E-state index >= 15 is 0 Å².